The number of carbonyl (C=O) groups is 2. The van der Waals surface area contributed by atoms with E-state index in [0.29, 0.717) is 6.54 Å². The van der Waals surface area contributed by atoms with Gasteiger partial charge in [-0.2, -0.15) is 0 Å². The van der Waals surface area contributed by atoms with Crippen molar-refractivity contribution in [3.63, 3.8) is 0 Å². The lowest BCUT2D eigenvalue weighted by Crippen LogP contribution is -2.67. The minimum absolute atomic E-state index is 0.0151. The zero-order chi connectivity index (χ0) is 20.8. The number of hydrogen-bond acceptors (Lipinski definition) is 3. The Kier molecular flexibility index (Phi) is 4.65. The maximum atomic E-state index is 13.4. The monoisotopic (exact) mass is 405 g/mol. The summed E-state index contributed by atoms with van der Waals surface area (Å²) >= 11 is 0. The molecule has 2 saturated heterocycles. The summed E-state index contributed by atoms with van der Waals surface area (Å²) in [6.07, 6.45) is 3.42. The number of urea groups is 1. The normalized spacial score (nSPS) is 24.7. The van der Waals surface area contributed by atoms with Crippen LogP contribution >= 0.6 is 0 Å². The second-order valence-electron chi connectivity index (χ2n) is 8.51. The molecule has 3 amide bonds. The molecule has 3 aliphatic heterocycles. The first kappa shape index (κ1) is 19.0. The van der Waals surface area contributed by atoms with E-state index in [2.05, 4.69) is 17.4 Å². The lowest BCUT2D eigenvalue weighted by Gasteiger charge is -2.55. The quantitative estimate of drug-likeness (QED) is 0.824. The van der Waals surface area contributed by atoms with Crippen LogP contribution in [0.1, 0.15) is 42.0 Å². The molecule has 3 heterocycles. The van der Waals surface area contributed by atoms with Crippen LogP contribution in [0.3, 0.4) is 0 Å². The van der Waals surface area contributed by atoms with Gasteiger partial charge in [-0.25, -0.2) is 4.79 Å². The van der Waals surface area contributed by atoms with E-state index in [9.17, 15) is 9.59 Å². The predicted octanol–water partition coefficient (Wildman–Crippen LogP) is 3.90. The van der Waals surface area contributed by atoms with Crippen LogP contribution in [0.4, 0.5) is 10.5 Å². The summed E-state index contributed by atoms with van der Waals surface area (Å²) in [7, 11) is 1.67. The van der Waals surface area contributed by atoms with Gasteiger partial charge in [-0.1, -0.05) is 18.2 Å². The van der Waals surface area contributed by atoms with Crippen LogP contribution in [-0.2, 0) is 11.2 Å². The molecule has 0 aromatic heterocycles. The molecule has 0 radical (unpaired) electrons. The van der Waals surface area contributed by atoms with Gasteiger partial charge >= 0.3 is 6.03 Å². The average molecular weight is 405 g/mol. The second-order valence-corrected chi connectivity index (χ2v) is 8.51. The van der Waals surface area contributed by atoms with E-state index in [1.165, 1.54) is 5.56 Å². The number of anilines is 1. The number of nitrogens with one attached hydrogen (secondary N) is 1. The molecule has 0 aliphatic carbocycles. The summed E-state index contributed by atoms with van der Waals surface area (Å²) in [5.74, 6) is 0.914. The van der Waals surface area contributed by atoms with E-state index in [1.54, 1.807) is 7.11 Å². The van der Waals surface area contributed by atoms with E-state index < -0.39 is 0 Å². The molecular formula is C24H27N3O3. The largest absolute Gasteiger partial charge is 0.497 e. The SMILES string of the molecule is COc1ccc2c(c1)CCN1C(=O)C3CCCC(C21)N3C(=O)Nc1cccc(C)c1. The van der Waals surface area contributed by atoms with Crippen molar-refractivity contribution >= 4 is 17.6 Å². The van der Waals surface area contributed by atoms with Crippen molar-refractivity contribution < 1.29 is 14.3 Å². The molecule has 156 valence electrons. The van der Waals surface area contributed by atoms with Crippen molar-refractivity contribution in [2.45, 2.75) is 50.7 Å². The molecule has 2 aromatic carbocycles. The minimum Gasteiger partial charge on any atom is -0.497 e. The van der Waals surface area contributed by atoms with Gasteiger partial charge in [-0.3, -0.25) is 4.79 Å². The van der Waals surface area contributed by atoms with Crippen molar-refractivity contribution in [3.8, 4) is 5.75 Å². The lowest BCUT2D eigenvalue weighted by atomic mass is 9.78. The Labute approximate surface area is 176 Å². The van der Waals surface area contributed by atoms with Gasteiger partial charge in [-0.05, 0) is 73.6 Å². The number of nitrogens with zero attached hydrogens (tertiary/aromatic N) is 2. The standard InChI is InChI=1S/C24H27N3O3/c1-15-5-3-6-17(13-15)25-24(29)27-20-7-4-8-21(27)23(28)26-12-11-16-14-18(30-2)9-10-19(16)22(20)26/h3,5-6,9-10,13-14,20-22H,4,7-8,11-12H2,1-2H3,(H,25,29). The highest BCUT2D eigenvalue weighted by atomic mass is 16.5. The Morgan fingerprint density at radius 1 is 1.17 bits per heavy atom. The average Bonchev–Trinajstić information content (AvgIpc) is 2.76. The zero-order valence-electron chi connectivity index (χ0n) is 17.4. The molecule has 6 nitrogen and oxygen atoms in total. The van der Waals surface area contributed by atoms with Crippen molar-refractivity contribution in [2.24, 2.45) is 0 Å². The highest BCUT2D eigenvalue weighted by Crippen LogP contribution is 2.45. The van der Waals surface area contributed by atoms with Crippen molar-refractivity contribution in [3.05, 3.63) is 59.2 Å². The number of benzene rings is 2. The van der Waals surface area contributed by atoms with Crippen LogP contribution in [0.25, 0.3) is 0 Å². The van der Waals surface area contributed by atoms with Gasteiger partial charge in [0.05, 0.1) is 19.2 Å². The Hall–Kier alpha value is -3.02. The van der Waals surface area contributed by atoms with Crippen LogP contribution in [0.15, 0.2) is 42.5 Å². The molecule has 0 spiro atoms. The number of piperazine rings is 1. The van der Waals surface area contributed by atoms with E-state index in [-0.39, 0.29) is 30.1 Å². The van der Waals surface area contributed by atoms with Gasteiger partial charge in [0, 0.05) is 12.2 Å². The van der Waals surface area contributed by atoms with E-state index in [0.717, 1.165) is 48.2 Å². The van der Waals surface area contributed by atoms with Crippen LogP contribution in [-0.4, -0.2) is 47.5 Å². The smallest absolute Gasteiger partial charge is 0.322 e. The molecule has 2 fully saturated rings. The number of amides is 3. The summed E-state index contributed by atoms with van der Waals surface area (Å²) in [5, 5.41) is 3.04. The number of carbonyl (C=O) groups excluding carboxylic acids is 2. The number of ether oxygens (including phenoxy) is 1. The van der Waals surface area contributed by atoms with Gasteiger partial charge in [0.2, 0.25) is 5.91 Å². The zero-order valence-corrected chi connectivity index (χ0v) is 17.4. The first-order valence-electron chi connectivity index (χ1n) is 10.7. The van der Waals surface area contributed by atoms with Crippen LogP contribution < -0.4 is 10.1 Å². The lowest BCUT2D eigenvalue weighted by molar-refractivity contribution is -0.152. The van der Waals surface area contributed by atoms with Gasteiger partial charge in [0.1, 0.15) is 11.8 Å². The van der Waals surface area contributed by atoms with Gasteiger partial charge < -0.3 is 19.9 Å². The van der Waals surface area contributed by atoms with Gasteiger partial charge in [0.15, 0.2) is 0 Å². The van der Waals surface area contributed by atoms with E-state index >= 15 is 0 Å². The molecule has 3 unspecified atom stereocenters. The highest BCUT2D eigenvalue weighted by Gasteiger charge is 2.52. The van der Waals surface area contributed by atoms with Crippen LogP contribution in [0.2, 0.25) is 0 Å². The first-order chi connectivity index (χ1) is 14.6. The van der Waals surface area contributed by atoms with Crippen molar-refractivity contribution in [1.29, 1.82) is 0 Å². The van der Waals surface area contributed by atoms with Gasteiger partial charge in [-0.15, -0.1) is 0 Å². The van der Waals surface area contributed by atoms with Crippen LogP contribution in [0.5, 0.6) is 5.75 Å². The Morgan fingerprint density at radius 3 is 2.83 bits per heavy atom. The third-order valence-electron chi connectivity index (χ3n) is 6.73. The minimum atomic E-state index is -0.371. The van der Waals surface area contributed by atoms with E-state index in [1.807, 2.05) is 47.1 Å². The molecule has 30 heavy (non-hydrogen) atoms. The number of aryl methyl sites for hydroxylation is 1. The molecule has 0 saturated carbocycles. The first-order valence-corrected chi connectivity index (χ1v) is 10.7. The third kappa shape index (κ3) is 3.02. The molecule has 5 rings (SSSR count). The number of fused-ring (bicyclic) bond motifs is 6. The van der Waals surface area contributed by atoms with Crippen molar-refractivity contribution in [2.75, 3.05) is 19.0 Å². The predicted molar refractivity (Wildman–Crippen MR) is 115 cm³/mol. The summed E-state index contributed by atoms with van der Waals surface area (Å²) in [5.41, 5.74) is 4.21. The maximum absolute atomic E-state index is 13.4. The molecule has 2 bridgehead atoms. The molecule has 2 aromatic rings. The Morgan fingerprint density at radius 2 is 2.03 bits per heavy atom. The number of piperidine rings is 1. The van der Waals surface area contributed by atoms with Gasteiger partial charge in [0.25, 0.3) is 0 Å². The fraction of sp³-hybridized carbons (Fsp3) is 0.417. The molecule has 1 N–H and O–H groups in total. The summed E-state index contributed by atoms with van der Waals surface area (Å²) in [4.78, 5) is 30.6. The molecule has 3 aliphatic rings. The van der Waals surface area contributed by atoms with Crippen molar-refractivity contribution in [1.82, 2.24) is 9.80 Å². The second kappa shape index (κ2) is 7.35. The van der Waals surface area contributed by atoms with E-state index in [4.69, 9.17) is 4.74 Å². The highest BCUT2D eigenvalue weighted by molar-refractivity contribution is 5.95. The molecule has 3 atom stereocenters. The summed E-state index contributed by atoms with van der Waals surface area (Å²) < 4.78 is 5.40. The molecular weight excluding hydrogens is 378 g/mol. The number of hydrogen-bond donors (Lipinski definition) is 1. The third-order valence-corrected chi connectivity index (χ3v) is 6.73. The summed E-state index contributed by atoms with van der Waals surface area (Å²) in [6.45, 7) is 2.70. The number of methoxy groups -OCH3 is 1. The summed E-state index contributed by atoms with van der Waals surface area (Å²) in [6, 6.07) is 13.2. The Bertz CT molecular complexity index is 1000. The fourth-order valence-electron chi connectivity index (χ4n) is 5.40. The topological polar surface area (TPSA) is 61.9 Å². The Balaban J connectivity index is 1.50. The maximum Gasteiger partial charge on any atom is 0.322 e. The van der Waals surface area contributed by atoms with Crippen LogP contribution in [0, 0.1) is 6.92 Å². The molecule has 6 heteroatoms. The fourth-order valence-corrected chi connectivity index (χ4v) is 5.40. The number of rotatable bonds is 2.